The Morgan fingerprint density at radius 1 is 0.778 bits per heavy atom. The summed E-state index contributed by atoms with van der Waals surface area (Å²) in [7, 11) is 0. The van der Waals surface area contributed by atoms with E-state index in [4.69, 9.17) is 8.37 Å². The van der Waals surface area contributed by atoms with Gasteiger partial charge in [0.25, 0.3) is 0 Å². The molecule has 0 N–H and O–H groups in total. The minimum atomic E-state index is -1.96. The van der Waals surface area contributed by atoms with Crippen LogP contribution in [0.4, 0.5) is 0 Å². The van der Waals surface area contributed by atoms with Gasteiger partial charge in [-0.05, 0) is 24.3 Å². The van der Waals surface area contributed by atoms with Crippen LogP contribution in [0.3, 0.4) is 0 Å². The second-order valence-electron chi connectivity index (χ2n) is 3.69. The maximum Gasteiger partial charge on any atom is 0.417 e. The van der Waals surface area contributed by atoms with Crippen molar-refractivity contribution < 1.29 is 17.4 Å². The Balaban J connectivity index is 2.23. The van der Waals surface area contributed by atoms with Gasteiger partial charge in [-0.25, -0.2) is 0 Å². The number of carbonyl (C=O) groups is 1. The number of ketones is 1. The summed E-state index contributed by atoms with van der Waals surface area (Å²) in [6.07, 6.45) is 0. The van der Waals surface area contributed by atoms with Crippen molar-refractivity contribution in [1.29, 1.82) is 0 Å². The van der Waals surface area contributed by atoms with Gasteiger partial charge in [-0.1, -0.05) is 24.3 Å². The molecule has 5 heteroatoms. The van der Waals surface area contributed by atoms with Gasteiger partial charge in [0.1, 0.15) is 0 Å². The first-order valence-corrected chi connectivity index (χ1v) is 6.27. The van der Waals surface area contributed by atoms with Crippen molar-refractivity contribution in [2.45, 2.75) is 0 Å². The molecule has 0 saturated heterocycles. The van der Waals surface area contributed by atoms with Gasteiger partial charge < -0.3 is 8.37 Å². The summed E-state index contributed by atoms with van der Waals surface area (Å²) < 4.78 is 21.8. The molecule has 18 heavy (non-hydrogen) atoms. The van der Waals surface area contributed by atoms with Gasteiger partial charge in [-0.15, -0.1) is 0 Å². The summed E-state index contributed by atoms with van der Waals surface area (Å²) in [4.78, 5) is 12.3. The highest BCUT2D eigenvalue weighted by molar-refractivity contribution is 7.76. The van der Waals surface area contributed by atoms with Crippen LogP contribution >= 0.6 is 0 Å². The second kappa shape index (κ2) is 4.27. The number of para-hydroxylation sites is 2. The van der Waals surface area contributed by atoms with Gasteiger partial charge in [0.15, 0.2) is 11.5 Å². The predicted octanol–water partition coefficient (Wildman–Crippen LogP) is 2.27. The zero-order chi connectivity index (χ0) is 12.5. The Morgan fingerprint density at radius 3 is 1.72 bits per heavy atom. The fourth-order valence-corrected chi connectivity index (χ4v) is 2.38. The van der Waals surface area contributed by atoms with Gasteiger partial charge in [-0.2, -0.15) is 4.21 Å². The molecule has 3 rings (SSSR count). The normalized spacial score (nSPS) is 14.6. The third-order valence-corrected chi connectivity index (χ3v) is 3.21. The van der Waals surface area contributed by atoms with Crippen molar-refractivity contribution in [2.75, 3.05) is 0 Å². The first-order chi connectivity index (χ1) is 8.75. The first kappa shape index (κ1) is 11.0. The minimum Gasteiger partial charge on any atom is -0.370 e. The highest BCUT2D eigenvalue weighted by Gasteiger charge is 2.24. The number of hydrogen-bond donors (Lipinski definition) is 0. The monoisotopic (exact) mass is 260 g/mol. The molecule has 0 unspecified atom stereocenters. The van der Waals surface area contributed by atoms with Crippen LogP contribution in [0, 0.1) is 0 Å². The van der Waals surface area contributed by atoms with Gasteiger partial charge in [0.05, 0.1) is 11.1 Å². The molecule has 1 heterocycles. The number of rotatable bonds is 0. The van der Waals surface area contributed by atoms with Crippen LogP contribution in [0.15, 0.2) is 48.5 Å². The lowest BCUT2D eigenvalue weighted by atomic mass is 10.0. The zero-order valence-corrected chi connectivity index (χ0v) is 9.98. The van der Waals surface area contributed by atoms with Crippen LogP contribution < -0.4 is 8.37 Å². The molecular weight excluding hydrogens is 252 g/mol. The van der Waals surface area contributed by atoms with E-state index in [-0.39, 0.29) is 17.3 Å². The number of hydrogen-bond acceptors (Lipinski definition) is 4. The third-order valence-electron chi connectivity index (χ3n) is 2.58. The minimum absolute atomic E-state index is 0.210. The Bertz CT molecular complexity index is 597. The van der Waals surface area contributed by atoms with E-state index >= 15 is 0 Å². The number of carbonyl (C=O) groups excluding carboxylic acids is 1. The summed E-state index contributed by atoms with van der Waals surface area (Å²) >= 11 is -1.96. The summed E-state index contributed by atoms with van der Waals surface area (Å²) in [6.45, 7) is 0. The SMILES string of the molecule is O=C1c2ccccc2OS(=O)Oc2ccccc21. The molecule has 1 aliphatic rings. The highest BCUT2D eigenvalue weighted by Crippen LogP contribution is 2.30. The topological polar surface area (TPSA) is 52.6 Å². The quantitative estimate of drug-likeness (QED) is 0.729. The van der Waals surface area contributed by atoms with E-state index < -0.39 is 11.4 Å². The molecule has 1 aliphatic heterocycles. The maximum atomic E-state index is 12.3. The van der Waals surface area contributed by atoms with Crippen molar-refractivity contribution in [2.24, 2.45) is 0 Å². The highest BCUT2D eigenvalue weighted by atomic mass is 32.2. The van der Waals surface area contributed by atoms with E-state index in [0.717, 1.165) is 0 Å². The molecule has 0 saturated carbocycles. The van der Waals surface area contributed by atoms with Crippen LogP contribution in [-0.4, -0.2) is 9.99 Å². The molecule has 90 valence electrons. The van der Waals surface area contributed by atoms with Crippen molar-refractivity contribution in [1.82, 2.24) is 0 Å². The molecule has 0 bridgehead atoms. The molecule has 0 radical (unpaired) electrons. The first-order valence-electron chi connectivity index (χ1n) is 5.27. The third kappa shape index (κ3) is 1.78. The Labute approximate surface area is 106 Å². The van der Waals surface area contributed by atoms with E-state index in [1.54, 1.807) is 48.5 Å². The average Bonchev–Trinajstić information content (AvgIpc) is 2.38. The molecule has 0 spiro atoms. The lowest BCUT2D eigenvalue weighted by molar-refractivity contribution is 0.103. The average molecular weight is 260 g/mol. The van der Waals surface area contributed by atoms with Gasteiger partial charge in [0.2, 0.25) is 5.78 Å². The predicted molar refractivity (Wildman–Crippen MR) is 65.7 cm³/mol. The van der Waals surface area contributed by atoms with E-state index in [1.807, 2.05) is 0 Å². The van der Waals surface area contributed by atoms with Crippen molar-refractivity contribution in [3.8, 4) is 11.5 Å². The molecule has 2 aromatic carbocycles. The van der Waals surface area contributed by atoms with E-state index in [9.17, 15) is 9.00 Å². The summed E-state index contributed by atoms with van der Waals surface area (Å²) in [6, 6.07) is 13.3. The molecule has 0 fully saturated rings. The smallest absolute Gasteiger partial charge is 0.370 e. The summed E-state index contributed by atoms with van der Waals surface area (Å²) in [5.74, 6) is 0.309. The van der Waals surface area contributed by atoms with Crippen LogP contribution in [0.1, 0.15) is 15.9 Å². The Kier molecular flexibility index (Phi) is 2.60. The van der Waals surface area contributed by atoms with Gasteiger partial charge in [0, 0.05) is 0 Å². The molecular formula is C13H8O4S. The number of fused-ring (bicyclic) bond motifs is 2. The molecule has 4 nitrogen and oxygen atoms in total. The van der Waals surface area contributed by atoms with E-state index in [1.165, 1.54) is 0 Å². The standard InChI is InChI=1S/C13H8O4S/c14-13-9-5-1-3-7-11(9)16-18(15)17-12-8-4-2-6-10(12)13/h1-8H. The van der Waals surface area contributed by atoms with Crippen molar-refractivity contribution in [3.05, 3.63) is 59.7 Å². The fraction of sp³-hybridized carbons (Fsp3) is 0. The molecule has 0 aliphatic carbocycles. The fourth-order valence-electron chi connectivity index (χ4n) is 1.76. The van der Waals surface area contributed by atoms with E-state index in [2.05, 4.69) is 0 Å². The second-order valence-corrected chi connectivity index (χ2v) is 4.43. The van der Waals surface area contributed by atoms with Gasteiger partial charge >= 0.3 is 11.4 Å². The summed E-state index contributed by atoms with van der Waals surface area (Å²) in [5, 5.41) is 0. The van der Waals surface area contributed by atoms with Crippen molar-refractivity contribution >= 4 is 17.1 Å². The Hall–Kier alpha value is -2.14. The van der Waals surface area contributed by atoms with Crippen LogP contribution in [0.5, 0.6) is 11.5 Å². The van der Waals surface area contributed by atoms with Crippen LogP contribution in [0.25, 0.3) is 0 Å². The maximum absolute atomic E-state index is 12.3. The van der Waals surface area contributed by atoms with E-state index in [0.29, 0.717) is 11.1 Å². The van der Waals surface area contributed by atoms with Crippen molar-refractivity contribution in [3.63, 3.8) is 0 Å². The van der Waals surface area contributed by atoms with Crippen LogP contribution in [0.2, 0.25) is 0 Å². The summed E-state index contributed by atoms with van der Waals surface area (Å²) in [5.41, 5.74) is 0.753. The van der Waals surface area contributed by atoms with Gasteiger partial charge in [-0.3, -0.25) is 4.79 Å². The largest absolute Gasteiger partial charge is 0.417 e. The Morgan fingerprint density at radius 2 is 1.22 bits per heavy atom. The molecule has 0 aromatic heterocycles. The van der Waals surface area contributed by atoms with Crippen LogP contribution in [-0.2, 0) is 11.4 Å². The lowest BCUT2D eigenvalue weighted by Crippen LogP contribution is -2.16. The number of benzene rings is 2. The lowest BCUT2D eigenvalue weighted by Gasteiger charge is -2.15. The molecule has 0 amide bonds. The molecule has 0 atom stereocenters. The zero-order valence-electron chi connectivity index (χ0n) is 9.16. The molecule has 2 aromatic rings.